The minimum atomic E-state index is -0.938. The van der Waals surface area contributed by atoms with Crippen LogP contribution in [0.2, 0.25) is 0 Å². The predicted octanol–water partition coefficient (Wildman–Crippen LogP) is 1.31. The van der Waals surface area contributed by atoms with Crippen molar-refractivity contribution in [3.63, 3.8) is 0 Å². The van der Waals surface area contributed by atoms with Crippen molar-refractivity contribution in [2.75, 3.05) is 26.3 Å². The lowest BCUT2D eigenvalue weighted by atomic mass is 9.80. The van der Waals surface area contributed by atoms with E-state index in [1.54, 1.807) is 0 Å². The Morgan fingerprint density at radius 2 is 2.19 bits per heavy atom. The maximum Gasteiger partial charge on any atom is 0.240 e. The summed E-state index contributed by atoms with van der Waals surface area (Å²) in [6.07, 6.45) is 4.72. The molecule has 2 saturated heterocycles. The molecule has 0 aromatic carbocycles. The van der Waals surface area contributed by atoms with Gasteiger partial charge in [0.1, 0.15) is 11.2 Å². The van der Waals surface area contributed by atoms with E-state index in [0.717, 1.165) is 25.5 Å². The Bertz CT molecular complexity index is 672. The van der Waals surface area contributed by atoms with Crippen molar-refractivity contribution in [3.05, 3.63) is 18.2 Å². The van der Waals surface area contributed by atoms with Gasteiger partial charge in [0.05, 0.1) is 12.6 Å². The molecule has 142 valence electrons. The summed E-state index contributed by atoms with van der Waals surface area (Å²) in [6.45, 7) is 7.84. The van der Waals surface area contributed by atoms with Crippen LogP contribution >= 0.6 is 0 Å². The molecule has 7 heteroatoms. The minimum Gasteiger partial charge on any atom is -0.381 e. The van der Waals surface area contributed by atoms with Crippen LogP contribution in [0, 0.1) is 28.6 Å². The van der Waals surface area contributed by atoms with Gasteiger partial charge in [-0.1, -0.05) is 13.8 Å². The van der Waals surface area contributed by atoms with Gasteiger partial charge in [0.15, 0.2) is 0 Å². The topological polar surface area (TPSA) is 83.2 Å². The van der Waals surface area contributed by atoms with Crippen molar-refractivity contribution in [2.45, 2.75) is 39.3 Å². The average molecular weight is 359 g/mol. The number of ether oxygens (including phenoxy) is 1. The summed E-state index contributed by atoms with van der Waals surface area (Å²) in [5.41, 5.74) is -0.938. The van der Waals surface area contributed by atoms with Gasteiger partial charge in [-0.25, -0.2) is 4.98 Å². The van der Waals surface area contributed by atoms with Crippen LogP contribution < -0.4 is 5.32 Å². The number of hydrogen-bond acceptors (Lipinski definition) is 5. The van der Waals surface area contributed by atoms with Crippen LogP contribution in [0.3, 0.4) is 0 Å². The molecule has 1 aromatic rings. The van der Waals surface area contributed by atoms with Crippen molar-refractivity contribution in [1.82, 2.24) is 19.8 Å². The number of amides is 1. The van der Waals surface area contributed by atoms with Crippen LogP contribution in [0.1, 0.15) is 32.5 Å². The van der Waals surface area contributed by atoms with Crippen LogP contribution in [0.15, 0.2) is 12.4 Å². The highest BCUT2D eigenvalue weighted by atomic mass is 16.5. The Morgan fingerprint density at radius 1 is 1.46 bits per heavy atom. The smallest absolute Gasteiger partial charge is 0.240 e. The van der Waals surface area contributed by atoms with Crippen LogP contribution in [-0.2, 0) is 23.1 Å². The molecule has 0 bridgehead atoms. The van der Waals surface area contributed by atoms with E-state index in [1.165, 1.54) is 0 Å². The molecule has 0 aliphatic carbocycles. The zero-order valence-corrected chi connectivity index (χ0v) is 15.9. The number of hydrogen-bond donors (Lipinski definition) is 1. The van der Waals surface area contributed by atoms with E-state index in [1.807, 2.05) is 24.0 Å². The lowest BCUT2D eigenvalue weighted by Crippen LogP contribution is -2.50. The molecule has 0 spiro atoms. The predicted molar refractivity (Wildman–Crippen MR) is 96.8 cm³/mol. The Hall–Kier alpha value is -1.91. The monoisotopic (exact) mass is 359 g/mol. The van der Waals surface area contributed by atoms with Gasteiger partial charge in [0.25, 0.3) is 0 Å². The number of aryl methyl sites for hydroxylation is 1. The molecule has 2 unspecified atom stereocenters. The molecule has 2 fully saturated rings. The van der Waals surface area contributed by atoms with Gasteiger partial charge in [-0.2, -0.15) is 5.26 Å². The first-order chi connectivity index (χ1) is 12.4. The second-order valence-corrected chi connectivity index (χ2v) is 7.94. The van der Waals surface area contributed by atoms with E-state index in [-0.39, 0.29) is 11.9 Å². The summed E-state index contributed by atoms with van der Waals surface area (Å²) >= 11 is 0. The number of imidazole rings is 1. The molecule has 26 heavy (non-hydrogen) atoms. The minimum absolute atomic E-state index is 0.0656. The summed E-state index contributed by atoms with van der Waals surface area (Å²) < 4.78 is 7.38. The normalized spacial score (nSPS) is 26.0. The van der Waals surface area contributed by atoms with Gasteiger partial charge in [0, 0.05) is 51.8 Å². The fraction of sp³-hybridized carbons (Fsp3) is 0.737. The van der Waals surface area contributed by atoms with Crippen LogP contribution in [0.4, 0.5) is 0 Å². The molecule has 0 saturated carbocycles. The summed E-state index contributed by atoms with van der Waals surface area (Å²) in [4.78, 5) is 19.7. The summed E-state index contributed by atoms with van der Waals surface area (Å²) in [6, 6.07) is 2.34. The molecule has 0 radical (unpaired) electrons. The van der Waals surface area contributed by atoms with Gasteiger partial charge in [-0.3, -0.25) is 9.69 Å². The molecular weight excluding hydrogens is 330 g/mol. The Balaban J connectivity index is 1.68. The number of carbonyl (C=O) groups is 1. The molecule has 3 rings (SSSR count). The van der Waals surface area contributed by atoms with E-state index in [2.05, 4.69) is 35.1 Å². The Kier molecular flexibility index (Phi) is 5.64. The third-order valence-corrected chi connectivity index (χ3v) is 5.89. The van der Waals surface area contributed by atoms with Crippen molar-refractivity contribution >= 4 is 5.91 Å². The zero-order valence-electron chi connectivity index (χ0n) is 15.9. The lowest BCUT2D eigenvalue weighted by Gasteiger charge is -2.32. The van der Waals surface area contributed by atoms with Crippen molar-refractivity contribution < 1.29 is 9.53 Å². The third-order valence-electron chi connectivity index (χ3n) is 5.89. The zero-order chi connectivity index (χ0) is 18.7. The van der Waals surface area contributed by atoms with Gasteiger partial charge < -0.3 is 14.6 Å². The van der Waals surface area contributed by atoms with Crippen LogP contribution in [-0.4, -0.2) is 52.7 Å². The SMILES string of the molecule is CC(C)C1CN(Cc2nccn2C)CC1NC(=O)C1(C#N)CCOCC1. The molecule has 2 aliphatic heterocycles. The largest absolute Gasteiger partial charge is 0.381 e. The Morgan fingerprint density at radius 3 is 2.77 bits per heavy atom. The van der Waals surface area contributed by atoms with Crippen LogP contribution in [0.5, 0.6) is 0 Å². The number of carbonyl (C=O) groups excluding carboxylic acids is 1. The number of nitriles is 1. The standard InChI is InChI=1S/C19H29N5O2/c1-14(2)15-10-24(12-17-21-6-7-23(17)3)11-16(15)22-18(25)19(13-20)4-8-26-9-5-19/h6-7,14-16H,4-5,8-12H2,1-3H3,(H,22,25). The lowest BCUT2D eigenvalue weighted by molar-refractivity contribution is -0.133. The average Bonchev–Trinajstić information content (AvgIpc) is 3.22. The molecular formula is C19H29N5O2. The maximum absolute atomic E-state index is 12.9. The first-order valence-electron chi connectivity index (χ1n) is 9.44. The molecule has 3 heterocycles. The van der Waals surface area contributed by atoms with Gasteiger partial charge in [-0.15, -0.1) is 0 Å². The second kappa shape index (κ2) is 7.77. The number of aromatic nitrogens is 2. The molecule has 1 amide bonds. The van der Waals surface area contributed by atoms with E-state index < -0.39 is 5.41 Å². The number of nitrogens with zero attached hydrogens (tertiary/aromatic N) is 4. The molecule has 1 aromatic heterocycles. The molecule has 1 N–H and O–H groups in total. The van der Waals surface area contributed by atoms with Gasteiger partial charge in [0.2, 0.25) is 5.91 Å². The summed E-state index contributed by atoms with van der Waals surface area (Å²) in [7, 11) is 2.00. The third kappa shape index (κ3) is 3.76. The van der Waals surface area contributed by atoms with Gasteiger partial charge >= 0.3 is 0 Å². The quantitative estimate of drug-likeness (QED) is 0.857. The molecule has 2 atom stereocenters. The van der Waals surface area contributed by atoms with Crippen molar-refractivity contribution in [1.29, 1.82) is 5.26 Å². The molecule has 7 nitrogen and oxygen atoms in total. The van der Waals surface area contributed by atoms with Crippen molar-refractivity contribution in [2.24, 2.45) is 24.3 Å². The first-order valence-corrected chi connectivity index (χ1v) is 9.44. The van der Waals surface area contributed by atoms with E-state index >= 15 is 0 Å². The molecule has 2 aliphatic rings. The fourth-order valence-corrected chi connectivity index (χ4v) is 4.04. The summed E-state index contributed by atoms with van der Waals surface area (Å²) in [5, 5.41) is 12.8. The highest BCUT2D eigenvalue weighted by molar-refractivity contribution is 5.85. The van der Waals surface area contributed by atoms with E-state index in [4.69, 9.17) is 4.74 Å². The van der Waals surface area contributed by atoms with E-state index in [0.29, 0.717) is 37.9 Å². The highest BCUT2D eigenvalue weighted by Crippen LogP contribution is 2.32. The van der Waals surface area contributed by atoms with Crippen molar-refractivity contribution in [3.8, 4) is 6.07 Å². The number of rotatable bonds is 5. The Labute approximate surface area is 155 Å². The number of likely N-dealkylation sites (tertiary alicyclic amines) is 1. The first kappa shape index (κ1) is 18.9. The second-order valence-electron chi connectivity index (χ2n) is 7.94. The number of nitrogens with one attached hydrogen (secondary N) is 1. The maximum atomic E-state index is 12.9. The fourth-order valence-electron chi connectivity index (χ4n) is 4.04. The summed E-state index contributed by atoms with van der Waals surface area (Å²) in [5.74, 6) is 1.73. The van der Waals surface area contributed by atoms with Crippen LogP contribution in [0.25, 0.3) is 0 Å². The highest BCUT2D eigenvalue weighted by Gasteiger charge is 2.44. The van der Waals surface area contributed by atoms with Gasteiger partial charge in [-0.05, 0) is 24.7 Å². The van der Waals surface area contributed by atoms with E-state index in [9.17, 15) is 10.1 Å².